The van der Waals surface area contributed by atoms with Crippen LogP contribution in [0, 0.1) is 12.8 Å². The van der Waals surface area contributed by atoms with Crippen LogP contribution < -0.4 is 5.32 Å². The van der Waals surface area contributed by atoms with Crippen LogP contribution in [0.1, 0.15) is 49.8 Å². The minimum Gasteiger partial charge on any atom is -0.375 e. The van der Waals surface area contributed by atoms with Crippen LogP contribution in [0.2, 0.25) is 0 Å². The number of ether oxygens (including phenoxy) is 3. The van der Waals surface area contributed by atoms with E-state index >= 15 is 0 Å². The molecule has 6 nitrogen and oxygen atoms in total. The van der Waals surface area contributed by atoms with Crippen molar-refractivity contribution in [2.24, 2.45) is 10.9 Å². The second-order valence-corrected chi connectivity index (χ2v) is 8.71. The van der Waals surface area contributed by atoms with Gasteiger partial charge in [0.05, 0.1) is 18.8 Å². The van der Waals surface area contributed by atoms with Gasteiger partial charge in [-0.3, -0.25) is 4.99 Å². The lowest BCUT2D eigenvalue weighted by molar-refractivity contribution is -0.0817. The summed E-state index contributed by atoms with van der Waals surface area (Å²) in [6.07, 6.45) is 5.01. The number of guanidine groups is 1. The Morgan fingerprint density at radius 3 is 2.52 bits per heavy atom. The molecule has 4 rings (SSSR count). The van der Waals surface area contributed by atoms with Crippen LogP contribution in [0.25, 0.3) is 0 Å². The van der Waals surface area contributed by atoms with Crippen LogP contribution in [0.5, 0.6) is 0 Å². The standard InChI is InChI=1S/C24H37N3O3.HI/c1-3-25-24(27-12-15-29-22(17-27)21-7-5-13-28-21)26-16-20-6-4-14-30-23(20)19-10-8-18(2)9-11-19;/h8-11,20-23H,3-7,12-17H2,1-2H3,(H,25,26);1H. The quantitative estimate of drug-likeness (QED) is 0.347. The molecular formula is C24H38IN3O3. The number of nitrogens with zero attached hydrogens (tertiary/aromatic N) is 2. The number of halogens is 1. The second-order valence-electron chi connectivity index (χ2n) is 8.71. The molecular weight excluding hydrogens is 505 g/mol. The van der Waals surface area contributed by atoms with Crippen LogP contribution in [-0.4, -0.2) is 69.1 Å². The molecule has 31 heavy (non-hydrogen) atoms. The summed E-state index contributed by atoms with van der Waals surface area (Å²) in [7, 11) is 0. The lowest BCUT2D eigenvalue weighted by atomic mass is 9.89. The van der Waals surface area contributed by atoms with Gasteiger partial charge in [0.15, 0.2) is 5.96 Å². The Balaban J connectivity index is 0.00000272. The van der Waals surface area contributed by atoms with Gasteiger partial charge in [-0.05, 0) is 45.1 Å². The Hall–Kier alpha value is -0.900. The molecule has 0 aliphatic carbocycles. The minimum atomic E-state index is 0. The van der Waals surface area contributed by atoms with Crippen LogP contribution >= 0.6 is 24.0 Å². The Labute approximate surface area is 204 Å². The van der Waals surface area contributed by atoms with Crippen molar-refractivity contribution in [2.45, 2.75) is 57.8 Å². The first kappa shape index (κ1) is 24.7. The van der Waals surface area contributed by atoms with Gasteiger partial charge >= 0.3 is 0 Å². The summed E-state index contributed by atoms with van der Waals surface area (Å²) < 4.78 is 18.1. The smallest absolute Gasteiger partial charge is 0.194 e. The van der Waals surface area contributed by atoms with E-state index in [0.29, 0.717) is 5.92 Å². The molecule has 4 unspecified atom stereocenters. The summed E-state index contributed by atoms with van der Waals surface area (Å²) in [5.41, 5.74) is 2.56. The first-order valence-corrected chi connectivity index (χ1v) is 11.7. The number of benzene rings is 1. The van der Waals surface area contributed by atoms with Crippen molar-refractivity contribution in [1.29, 1.82) is 0 Å². The normalized spacial score (nSPS) is 29.5. The monoisotopic (exact) mass is 543 g/mol. The molecule has 0 amide bonds. The molecule has 3 aliphatic rings. The fraction of sp³-hybridized carbons (Fsp3) is 0.708. The van der Waals surface area contributed by atoms with E-state index < -0.39 is 0 Å². The Kier molecular flexibility index (Phi) is 9.87. The zero-order valence-corrected chi connectivity index (χ0v) is 21.3. The first-order chi connectivity index (χ1) is 14.7. The van der Waals surface area contributed by atoms with Crippen molar-refractivity contribution in [1.82, 2.24) is 10.2 Å². The number of rotatable bonds is 5. The lowest BCUT2D eigenvalue weighted by Gasteiger charge is -2.37. The van der Waals surface area contributed by atoms with Crippen molar-refractivity contribution < 1.29 is 14.2 Å². The third-order valence-corrected chi connectivity index (χ3v) is 6.43. The summed E-state index contributed by atoms with van der Waals surface area (Å²) in [6, 6.07) is 8.77. The van der Waals surface area contributed by atoms with Crippen molar-refractivity contribution in [3.05, 3.63) is 35.4 Å². The Morgan fingerprint density at radius 1 is 1.03 bits per heavy atom. The average Bonchev–Trinajstić information content (AvgIpc) is 3.33. The second kappa shape index (κ2) is 12.4. The molecule has 1 aromatic rings. The number of nitrogens with one attached hydrogen (secondary N) is 1. The molecule has 0 bridgehead atoms. The maximum Gasteiger partial charge on any atom is 0.194 e. The van der Waals surface area contributed by atoms with E-state index in [1.54, 1.807) is 0 Å². The van der Waals surface area contributed by atoms with E-state index in [2.05, 4.69) is 48.3 Å². The molecule has 3 aliphatic heterocycles. The van der Waals surface area contributed by atoms with Crippen LogP contribution in [-0.2, 0) is 14.2 Å². The highest BCUT2D eigenvalue weighted by molar-refractivity contribution is 14.0. The van der Waals surface area contributed by atoms with Crippen LogP contribution in [0.3, 0.4) is 0 Å². The number of hydrogen-bond acceptors (Lipinski definition) is 4. The molecule has 0 aromatic heterocycles. The SMILES string of the molecule is CCNC(=NCC1CCCOC1c1ccc(C)cc1)N1CCOC(C2CCCO2)C1.I. The predicted molar refractivity (Wildman–Crippen MR) is 134 cm³/mol. The summed E-state index contributed by atoms with van der Waals surface area (Å²) in [6.45, 7) is 10.1. The number of aliphatic imine (C=N–C) groups is 1. The van der Waals surface area contributed by atoms with Crippen LogP contribution in [0.4, 0.5) is 0 Å². The molecule has 7 heteroatoms. The summed E-state index contributed by atoms with van der Waals surface area (Å²) in [5, 5.41) is 3.50. The molecule has 3 fully saturated rings. The van der Waals surface area contributed by atoms with E-state index in [1.807, 2.05) is 0 Å². The molecule has 3 saturated heterocycles. The fourth-order valence-electron chi connectivity index (χ4n) is 4.77. The Bertz CT molecular complexity index is 694. The van der Waals surface area contributed by atoms with Gasteiger partial charge in [0, 0.05) is 45.3 Å². The van der Waals surface area contributed by atoms with Gasteiger partial charge in [-0.1, -0.05) is 29.8 Å². The molecule has 1 aromatic carbocycles. The lowest BCUT2D eigenvalue weighted by Crippen LogP contribution is -2.53. The molecule has 1 N–H and O–H groups in total. The van der Waals surface area contributed by atoms with E-state index in [4.69, 9.17) is 19.2 Å². The van der Waals surface area contributed by atoms with Crippen LogP contribution in [0.15, 0.2) is 29.3 Å². The van der Waals surface area contributed by atoms with Gasteiger partial charge < -0.3 is 24.4 Å². The number of morpholine rings is 1. The molecule has 0 radical (unpaired) electrons. The first-order valence-electron chi connectivity index (χ1n) is 11.7. The predicted octanol–water partition coefficient (Wildman–Crippen LogP) is 3.93. The average molecular weight is 543 g/mol. The highest BCUT2D eigenvalue weighted by Gasteiger charge is 2.33. The van der Waals surface area contributed by atoms with E-state index in [1.165, 1.54) is 11.1 Å². The van der Waals surface area contributed by atoms with Gasteiger partial charge in [0.1, 0.15) is 6.10 Å². The fourth-order valence-corrected chi connectivity index (χ4v) is 4.77. The maximum absolute atomic E-state index is 6.20. The number of hydrogen-bond donors (Lipinski definition) is 1. The zero-order valence-electron chi connectivity index (χ0n) is 18.9. The van der Waals surface area contributed by atoms with Crippen molar-refractivity contribution in [3.8, 4) is 0 Å². The highest BCUT2D eigenvalue weighted by Crippen LogP contribution is 2.34. The van der Waals surface area contributed by atoms with Crippen molar-refractivity contribution in [2.75, 3.05) is 46.0 Å². The van der Waals surface area contributed by atoms with E-state index in [0.717, 1.165) is 77.6 Å². The summed E-state index contributed by atoms with van der Waals surface area (Å²) in [5.74, 6) is 1.40. The third kappa shape index (κ3) is 6.55. The van der Waals surface area contributed by atoms with E-state index in [9.17, 15) is 0 Å². The van der Waals surface area contributed by atoms with Crippen molar-refractivity contribution >= 4 is 29.9 Å². The summed E-state index contributed by atoms with van der Waals surface area (Å²) >= 11 is 0. The Morgan fingerprint density at radius 2 is 1.77 bits per heavy atom. The van der Waals surface area contributed by atoms with Gasteiger partial charge in [-0.15, -0.1) is 24.0 Å². The van der Waals surface area contributed by atoms with Crippen molar-refractivity contribution in [3.63, 3.8) is 0 Å². The molecule has 0 spiro atoms. The topological polar surface area (TPSA) is 55.3 Å². The third-order valence-electron chi connectivity index (χ3n) is 6.43. The van der Waals surface area contributed by atoms with Gasteiger partial charge in [0.25, 0.3) is 0 Å². The molecule has 3 heterocycles. The largest absolute Gasteiger partial charge is 0.375 e. The summed E-state index contributed by atoms with van der Waals surface area (Å²) in [4.78, 5) is 7.42. The molecule has 0 saturated carbocycles. The van der Waals surface area contributed by atoms with Gasteiger partial charge in [-0.2, -0.15) is 0 Å². The highest BCUT2D eigenvalue weighted by atomic mass is 127. The maximum atomic E-state index is 6.20. The zero-order chi connectivity index (χ0) is 20.8. The van der Waals surface area contributed by atoms with Gasteiger partial charge in [0.2, 0.25) is 0 Å². The van der Waals surface area contributed by atoms with E-state index in [-0.39, 0.29) is 42.3 Å². The van der Waals surface area contributed by atoms with Gasteiger partial charge in [-0.25, -0.2) is 0 Å². The molecule has 174 valence electrons. The number of aryl methyl sites for hydroxylation is 1. The minimum absolute atomic E-state index is 0. The molecule has 4 atom stereocenters.